The summed E-state index contributed by atoms with van der Waals surface area (Å²) in [6.07, 6.45) is 9.51. The SMILES string of the molecule is CN1CCN(C[C@H]2CCC[C@]3(CCN(Cc4cnn(C)c4)C3)O2)CC1. The Hall–Kier alpha value is -0.950. The Bertz CT molecular complexity index is 568. The second-order valence-electron chi connectivity index (χ2n) is 8.40. The first-order valence-corrected chi connectivity index (χ1v) is 9.89. The second kappa shape index (κ2) is 7.35. The highest BCUT2D eigenvalue weighted by molar-refractivity contribution is 5.05. The van der Waals surface area contributed by atoms with Gasteiger partial charge in [-0.05, 0) is 32.7 Å². The van der Waals surface area contributed by atoms with Gasteiger partial charge in [-0.2, -0.15) is 5.10 Å². The van der Waals surface area contributed by atoms with Crippen molar-refractivity contribution >= 4 is 0 Å². The van der Waals surface area contributed by atoms with E-state index in [0.29, 0.717) is 6.10 Å². The molecule has 0 unspecified atom stereocenters. The average Bonchev–Trinajstić information content (AvgIpc) is 3.17. The number of rotatable bonds is 4. The normalized spacial score (nSPS) is 32.6. The summed E-state index contributed by atoms with van der Waals surface area (Å²) in [5.74, 6) is 0. The Kier molecular flexibility index (Phi) is 5.13. The summed E-state index contributed by atoms with van der Waals surface area (Å²) in [4.78, 5) is 7.58. The van der Waals surface area contributed by atoms with Crippen molar-refractivity contribution in [2.75, 3.05) is 52.9 Å². The fourth-order valence-corrected chi connectivity index (χ4v) is 4.74. The van der Waals surface area contributed by atoms with Gasteiger partial charge in [-0.25, -0.2) is 0 Å². The summed E-state index contributed by atoms with van der Waals surface area (Å²) < 4.78 is 8.61. The van der Waals surface area contributed by atoms with E-state index in [0.717, 1.165) is 26.2 Å². The molecule has 3 aliphatic heterocycles. The molecule has 140 valence electrons. The number of nitrogens with zero attached hydrogens (tertiary/aromatic N) is 5. The molecule has 0 radical (unpaired) electrons. The molecule has 6 nitrogen and oxygen atoms in total. The molecule has 0 bridgehead atoms. The Morgan fingerprint density at radius 2 is 1.96 bits per heavy atom. The smallest absolute Gasteiger partial charge is 0.0825 e. The number of piperazine rings is 1. The molecule has 3 saturated heterocycles. The number of aromatic nitrogens is 2. The van der Waals surface area contributed by atoms with E-state index in [1.807, 2.05) is 17.9 Å². The van der Waals surface area contributed by atoms with E-state index in [1.165, 1.54) is 57.4 Å². The monoisotopic (exact) mass is 347 g/mol. The second-order valence-corrected chi connectivity index (χ2v) is 8.40. The van der Waals surface area contributed by atoms with E-state index in [-0.39, 0.29) is 5.60 Å². The van der Waals surface area contributed by atoms with Crippen LogP contribution in [0.1, 0.15) is 31.2 Å². The van der Waals surface area contributed by atoms with Gasteiger partial charge in [0.25, 0.3) is 0 Å². The fraction of sp³-hybridized carbons (Fsp3) is 0.842. The summed E-state index contributed by atoms with van der Waals surface area (Å²) >= 11 is 0. The Morgan fingerprint density at radius 3 is 2.72 bits per heavy atom. The molecule has 6 heteroatoms. The van der Waals surface area contributed by atoms with E-state index in [2.05, 4.69) is 33.0 Å². The molecule has 1 aromatic rings. The van der Waals surface area contributed by atoms with Crippen LogP contribution in [0.2, 0.25) is 0 Å². The van der Waals surface area contributed by atoms with Gasteiger partial charge < -0.3 is 9.64 Å². The van der Waals surface area contributed by atoms with Crippen molar-refractivity contribution in [1.82, 2.24) is 24.5 Å². The quantitative estimate of drug-likeness (QED) is 0.818. The molecule has 0 saturated carbocycles. The van der Waals surface area contributed by atoms with Gasteiger partial charge in [0, 0.05) is 71.2 Å². The van der Waals surface area contributed by atoms with Crippen molar-refractivity contribution in [2.45, 2.75) is 43.9 Å². The lowest BCUT2D eigenvalue weighted by Crippen LogP contribution is -2.51. The number of likely N-dealkylation sites (tertiary alicyclic amines) is 1. The van der Waals surface area contributed by atoms with Crippen molar-refractivity contribution in [1.29, 1.82) is 0 Å². The number of hydrogen-bond acceptors (Lipinski definition) is 5. The van der Waals surface area contributed by atoms with Crippen LogP contribution in [-0.4, -0.2) is 89.0 Å². The molecule has 3 fully saturated rings. The fourth-order valence-electron chi connectivity index (χ4n) is 4.74. The summed E-state index contributed by atoms with van der Waals surface area (Å²) in [6.45, 7) is 9.12. The van der Waals surface area contributed by atoms with Crippen molar-refractivity contribution < 1.29 is 4.74 Å². The number of ether oxygens (including phenoxy) is 1. The van der Waals surface area contributed by atoms with Crippen LogP contribution in [-0.2, 0) is 18.3 Å². The minimum Gasteiger partial charge on any atom is -0.369 e. The maximum Gasteiger partial charge on any atom is 0.0825 e. The summed E-state index contributed by atoms with van der Waals surface area (Å²) in [5, 5.41) is 4.29. The van der Waals surface area contributed by atoms with Crippen LogP contribution in [0.15, 0.2) is 12.4 Å². The van der Waals surface area contributed by atoms with Crippen LogP contribution in [0.4, 0.5) is 0 Å². The van der Waals surface area contributed by atoms with Crippen molar-refractivity contribution in [2.24, 2.45) is 7.05 Å². The molecular weight excluding hydrogens is 314 g/mol. The average molecular weight is 348 g/mol. The van der Waals surface area contributed by atoms with Crippen LogP contribution >= 0.6 is 0 Å². The van der Waals surface area contributed by atoms with Gasteiger partial charge in [0.1, 0.15) is 0 Å². The van der Waals surface area contributed by atoms with Crippen LogP contribution in [0, 0.1) is 0 Å². The van der Waals surface area contributed by atoms with E-state index in [4.69, 9.17) is 4.74 Å². The van der Waals surface area contributed by atoms with Crippen LogP contribution in [0.25, 0.3) is 0 Å². The first-order valence-electron chi connectivity index (χ1n) is 9.89. The molecule has 1 aromatic heterocycles. The highest BCUT2D eigenvalue weighted by atomic mass is 16.5. The number of aryl methyl sites for hydroxylation is 1. The van der Waals surface area contributed by atoms with E-state index in [1.54, 1.807) is 0 Å². The predicted molar refractivity (Wildman–Crippen MR) is 98.5 cm³/mol. The first kappa shape index (κ1) is 17.5. The molecule has 1 spiro atoms. The number of likely N-dealkylation sites (N-methyl/N-ethyl adjacent to an activating group) is 1. The van der Waals surface area contributed by atoms with Crippen LogP contribution in [0.3, 0.4) is 0 Å². The summed E-state index contributed by atoms with van der Waals surface area (Å²) in [7, 11) is 4.21. The molecule has 4 rings (SSSR count). The topological polar surface area (TPSA) is 36.8 Å². The highest BCUT2D eigenvalue weighted by Gasteiger charge is 2.43. The third-order valence-electron chi connectivity index (χ3n) is 6.19. The van der Waals surface area contributed by atoms with Crippen LogP contribution < -0.4 is 0 Å². The van der Waals surface area contributed by atoms with Gasteiger partial charge in [-0.15, -0.1) is 0 Å². The van der Waals surface area contributed by atoms with Gasteiger partial charge >= 0.3 is 0 Å². The molecule has 0 aromatic carbocycles. The van der Waals surface area contributed by atoms with E-state index >= 15 is 0 Å². The molecule has 0 aliphatic carbocycles. The zero-order valence-electron chi connectivity index (χ0n) is 15.9. The largest absolute Gasteiger partial charge is 0.369 e. The summed E-state index contributed by atoms with van der Waals surface area (Å²) in [6, 6.07) is 0. The molecule has 3 aliphatic rings. The third-order valence-corrected chi connectivity index (χ3v) is 6.19. The van der Waals surface area contributed by atoms with E-state index in [9.17, 15) is 0 Å². The Balaban J connectivity index is 1.30. The lowest BCUT2D eigenvalue weighted by atomic mass is 9.90. The molecule has 4 heterocycles. The van der Waals surface area contributed by atoms with Gasteiger partial charge in [0.2, 0.25) is 0 Å². The zero-order chi connectivity index (χ0) is 17.3. The highest BCUT2D eigenvalue weighted by Crippen LogP contribution is 2.37. The van der Waals surface area contributed by atoms with Crippen molar-refractivity contribution in [3.05, 3.63) is 18.0 Å². The standard InChI is InChI=1S/C19H33N5O/c1-21-8-10-23(11-9-21)15-18-4-3-5-19(25-18)6-7-24(16-19)14-17-12-20-22(2)13-17/h12-13,18H,3-11,14-16H2,1-2H3/t18-,19-/m1/s1. The molecule has 0 N–H and O–H groups in total. The molecule has 25 heavy (non-hydrogen) atoms. The molecule has 2 atom stereocenters. The predicted octanol–water partition coefficient (Wildman–Crippen LogP) is 1.18. The van der Waals surface area contributed by atoms with Gasteiger partial charge in [-0.1, -0.05) is 0 Å². The molecular formula is C19H33N5O. The molecule has 0 amide bonds. The Morgan fingerprint density at radius 1 is 1.12 bits per heavy atom. The van der Waals surface area contributed by atoms with Gasteiger partial charge in [0.05, 0.1) is 17.9 Å². The van der Waals surface area contributed by atoms with Crippen LogP contribution in [0.5, 0.6) is 0 Å². The first-order chi connectivity index (χ1) is 12.1. The minimum absolute atomic E-state index is 0.109. The lowest BCUT2D eigenvalue weighted by Gasteiger charge is -2.42. The van der Waals surface area contributed by atoms with Crippen molar-refractivity contribution in [3.8, 4) is 0 Å². The van der Waals surface area contributed by atoms with Gasteiger partial charge in [0.15, 0.2) is 0 Å². The zero-order valence-corrected chi connectivity index (χ0v) is 15.9. The maximum absolute atomic E-state index is 6.72. The van der Waals surface area contributed by atoms with E-state index < -0.39 is 0 Å². The summed E-state index contributed by atoms with van der Waals surface area (Å²) in [5.41, 5.74) is 1.42. The number of hydrogen-bond donors (Lipinski definition) is 0. The maximum atomic E-state index is 6.72. The van der Waals surface area contributed by atoms with Gasteiger partial charge in [-0.3, -0.25) is 14.5 Å². The lowest BCUT2D eigenvalue weighted by molar-refractivity contribution is -0.130. The Labute approximate surface area is 151 Å². The van der Waals surface area contributed by atoms with Crippen molar-refractivity contribution in [3.63, 3.8) is 0 Å². The third kappa shape index (κ3) is 4.25. The minimum atomic E-state index is 0.109.